The quantitative estimate of drug-likeness (QED) is 0.715. The van der Waals surface area contributed by atoms with Crippen LogP contribution in [-0.4, -0.2) is 18.3 Å². The molecule has 0 bridgehead atoms. The summed E-state index contributed by atoms with van der Waals surface area (Å²) >= 11 is 0. The van der Waals surface area contributed by atoms with Crippen LogP contribution in [0.3, 0.4) is 0 Å². The maximum atomic E-state index is 8.88. The van der Waals surface area contributed by atoms with Crippen LogP contribution < -0.4 is 5.73 Å². The van der Waals surface area contributed by atoms with Gasteiger partial charge in [0.15, 0.2) is 0 Å². The van der Waals surface area contributed by atoms with Gasteiger partial charge < -0.3 is 10.8 Å². The van der Waals surface area contributed by atoms with E-state index in [9.17, 15) is 0 Å². The van der Waals surface area contributed by atoms with Crippen molar-refractivity contribution in [3.63, 3.8) is 0 Å². The molecule has 0 amide bonds. The lowest BCUT2D eigenvalue weighted by molar-refractivity contribution is 0.165. The summed E-state index contributed by atoms with van der Waals surface area (Å²) < 4.78 is 0. The first-order chi connectivity index (χ1) is 5.36. The summed E-state index contributed by atoms with van der Waals surface area (Å²) in [6.45, 7) is 1.21. The van der Waals surface area contributed by atoms with Crippen LogP contribution in [0.2, 0.25) is 0 Å². The molecule has 0 aromatic rings. The van der Waals surface area contributed by atoms with Crippen LogP contribution >= 0.6 is 12.4 Å². The maximum Gasteiger partial charge on any atom is 0.0459 e. The van der Waals surface area contributed by atoms with Gasteiger partial charge in [-0.05, 0) is 37.6 Å². The molecule has 2 nitrogen and oxygen atoms in total. The van der Waals surface area contributed by atoms with Crippen LogP contribution in [0, 0.1) is 11.8 Å². The van der Waals surface area contributed by atoms with Crippen molar-refractivity contribution in [1.29, 1.82) is 0 Å². The van der Waals surface area contributed by atoms with E-state index < -0.39 is 0 Å². The molecule has 3 heteroatoms. The molecule has 0 heterocycles. The Morgan fingerprint density at radius 1 is 1.08 bits per heavy atom. The fourth-order valence-corrected chi connectivity index (χ4v) is 1.94. The van der Waals surface area contributed by atoms with Gasteiger partial charge in [0, 0.05) is 6.61 Å². The monoisotopic (exact) mass is 193 g/mol. The lowest BCUT2D eigenvalue weighted by atomic mass is 9.81. The van der Waals surface area contributed by atoms with E-state index in [4.69, 9.17) is 10.8 Å². The van der Waals surface area contributed by atoms with Crippen LogP contribution in [0.4, 0.5) is 0 Å². The Bertz CT molecular complexity index is 103. The minimum absolute atomic E-state index is 0. The Kier molecular flexibility index (Phi) is 6.81. The SMILES string of the molecule is Cl.NCC[C@H]1CC[C@H](CO)CC1. The van der Waals surface area contributed by atoms with E-state index in [0.717, 1.165) is 12.5 Å². The molecule has 0 aromatic carbocycles. The second-order valence-electron chi connectivity index (χ2n) is 3.65. The highest BCUT2D eigenvalue weighted by atomic mass is 35.5. The van der Waals surface area contributed by atoms with Crippen molar-refractivity contribution >= 4 is 12.4 Å². The van der Waals surface area contributed by atoms with E-state index >= 15 is 0 Å². The van der Waals surface area contributed by atoms with Crippen molar-refractivity contribution in [2.24, 2.45) is 17.6 Å². The fraction of sp³-hybridized carbons (Fsp3) is 1.00. The molecule has 0 unspecified atom stereocenters. The predicted octanol–water partition coefficient (Wildman–Crippen LogP) is 1.56. The molecule has 0 saturated heterocycles. The number of aliphatic hydroxyl groups is 1. The summed E-state index contributed by atoms with van der Waals surface area (Å²) in [6.07, 6.45) is 6.16. The molecule has 1 rings (SSSR count). The zero-order valence-electron chi connectivity index (χ0n) is 7.54. The first-order valence-electron chi connectivity index (χ1n) is 4.67. The van der Waals surface area contributed by atoms with Crippen molar-refractivity contribution in [3.8, 4) is 0 Å². The second kappa shape index (κ2) is 6.70. The molecule has 74 valence electrons. The van der Waals surface area contributed by atoms with Crippen LogP contribution in [0.1, 0.15) is 32.1 Å². The third-order valence-electron chi connectivity index (χ3n) is 2.80. The first kappa shape index (κ1) is 12.2. The first-order valence-corrected chi connectivity index (χ1v) is 4.67. The molecular formula is C9H20ClNO. The number of halogens is 1. The predicted molar refractivity (Wildman–Crippen MR) is 53.5 cm³/mol. The number of hydrogen-bond donors (Lipinski definition) is 2. The molecule has 0 aliphatic heterocycles. The van der Waals surface area contributed by atoms with E-state index in [2.05, 4.69) is 0 Å². The molecule has 0 spiro atoms. The minimum Gasteiger partial charge on any atom is -0.396 e. The van der Waals surface area contributed by atoms with Gasteiger partial charge in [-0.2, -0.15) is 0 Å². The molecule has 1 fully saturated rings. The zero-order valence-corrected chi connectivity index (χ0v) is 8.35. The molecule has 1 aliphatic rings. The Morgan fingerprint density at radius 3 is 2.00 bits per heavy atom. The topological polar surface area (TPSA) is 46.2 Å². The van der Waals surface area contributed by atoms with Crippen LogP contribution in [0.15, 0.2) is 0 Å². The minimum atomic E-state index is 0. The third-order valence-corrected chi connectivity index (χ3v) is 2.80. The molecule has 12 heavy (non-hydrogen) atoms. The van der Waals surface area contributed by atoms with Crippen LogP contribution in [0.25, 0.3) is 0 Å². The Labute approximate surface area is 80.9 Å². The lowest BCUT2D eigenvalue weighted by Crippen LogP contribution is -2.19. The average molecular weight is 194 g/mol. The normalized spacial score (nSPS) is 29.5. The fourth-order valence-electron chi connectivity index (χ4n) is 1.94. The Hall–Kier alpha value is 0.210. The second-order valence-corrected chi connectivity index (χ2v) is 3.65. The number of aliphatic hydroxyl groups excluding tert-OH is 1. The average Bonchev–Trinajstić information content (AvgIpc) is 2.07. The van der Waals surface area contributed by atoms with Gasteiger partial charge in [0.2, 0.25) is 0 Å². The molecule has 1 saturated carbocycles. The summed E-state index contributed by atoms with van der Waals surface area (Å²) in [5.74, 6) is 1.44. The molecule has 0 radical (unpaired) electrons. The van der Waals surface area contributed by atoms with Crippen LogP contribution in [0.5, 0.6) is 0 Å². The Morgan fingerprint density at radius 2 is 1.58 bits per heavy atom. The van der Waals surface area contributed by atoms with Gasteiger partial charge in [0.1, 0.15) is 0 Å². The van der Waals surface area contributed by atoms with Gasteiger partial charge in [0.25, 0.3) is 0 Å². The summed E-state index contributed by atoms with van der Waals surface area (Å²) in [6, 6.07) is 0. The van der Waals surface area contributed by atoms with Crippen molar-refractivity contribution < 1.29 is 5.11 Å². The summed E-state index contributed by atoms with van der Waals surface area (Å²) in [5, 5.41) is 8.88. The smallest absolute Gasteiger partial charge is 0.0459 e. The van der Waals surface area contributed by atoms with E-state index in [-0.39, 0.29) is 12.4 Å². The zero-order chi connectivity index (χ0) is 8.10. The van der Waals surface area contributed by atoms with Crippen molar-refractivity contribution in [2.45, 2.75) is 32.1 Å². The summed E-state index contributed by atoms with van der Waals surface area (Å²) in [5.41, 5.74) is 5.48. The standard InChI is InChI=1S/C9H19NO.ClH/c10-6-5-8-1-3-9(7-11)4-2-8;/h8-9,11H,1-7,10H2;1H/t8-,9-;. The molecule has 3 N–H and O–H groups in total. The van der Waals surface area contributed by atoms with E-state index in [1.807, 2.05) is 0 Å². The Balaban J connectivity index is 0.00000121. The van der Waals surface area contributed by atoms with Crippen molar-refractivity contribution in [2.75, 3.05) is 13.2 Å². The molecule has 0 atom stereocenters. The maximum absolute atomic E-state index is 8.88. The van der Waals surface area contributed by atoms with E-state index in [1.165, 1.54) is 32.1 Å². The molecule has 0 aromatic heterocycles. The molecular weight excluding hydrogens is 174 g/mol. The van der Waals surface area contributed by atoms with Crippen LogP contribution in [-0.2, 0) is 0 Å². The number of hydrogen-bond acceptors (Lipinski definition) is 2. The van der Waals surface area contributed by atoms with Gasteiger partial charge in [-0.3, -0.25) is 0 Å². The molecule has 1 aliphatic carbocycles. The van der Waals surface area contributed by atoms with Gasteiger partial charge in [-0.1, -0.05) is 12.8 Å². The van der Waals surface area contributed by atoms with Gasteiger partial charge in [-0.15, -0.1) is 12.4 Å². The van der Waals surface area contributed by atoms with Crippen molar-refractivity contribution in [3.05, 3.63) is 0 Å². The third kappa shape index (κ3) is 3.74. The summed E-state index contributed by atoms with van der Waals surface area (Å²) in [4.78, 5) is 0. The highest BCUT2D eigenvalue weighted by molar-refractivity contribution is 5.85. The van der Waals surface area contributed by atoms with Crippen molar-refractivity contribution in [1.82, 2.24) is 0 Å². The van der Waals surface area contributed by atoms with E-state index in [1.54, 1.807) is 0 Å². The lowest BCUT2D eigenvalue weighted by Gasteiger charge is -2.26. The highest BCUT2D eigenvalue weighted by Gasteiger charge is 2.19. The number of rotatable bonds is 3. The number of nitrogens with two attached hydrogens (primary N) is 1. The van der Waals surface area contributed by atoms with Gasteiger partial charge in [0.05, 0.1) is 0 Å². The van der Waals surface area contributed by atoms with E-state index in [0.29, 0.717) is 12.5 Å². The van der Waals surface area contributed by atoms with Gasteiger partial charge in [-0.25, -0.2) is 0 Å². The summed E-state index contributed by atoms with van der Waals surface area (Å²) in [7, 11) is 0. The van der Waals surface area contributed by atoms with Gasteiger partial charge >= 0.3 is 0 Å². The highest BCUT2D eigenvalue weighted by Crippen LogP contribution is 2.29. The largest absolute Gasteiger partial charge is 0.396 e.